The number of carbonyl (C=O) groups is 2. The molecule has 1 aromatic carbocycles. The van der Waals surface area contributed by atoms with Gasteiger partial charge in [0.05, 0.1) is 43.9 Å². The number of nitrogens with zero attached hydrogens (tertiary/aromatic N) is 1. The van der Waals surface area contributed by atoms with Gasteiger partial charge in [-0.1, -0.05) is 6.07 Å². The van der Waals surface area contributed by atoms with Crippen molar-refractivity contribution in [2.75, 3.05) is 34.5 Å². The van der Waals surface area contributed by atoms with Crippen molar-refractivity contribution in [1.29, 1.82) is 0 Å². The summed E-state index contributed by atoms with van der Waals surface area (Å²) in [5.41, 5.74) is 0.591. The van der Waals surface area contributed by atoms with Gasteiger partial charge in [-0.05, 0) is 49.4 Å². The van der Waals surface area contributed by atoms with Crippen LogP contribution >= 0.6 is 11.3 Å². The summed E-state index contributed by atoms with van der Waals surface area (Å²) in [6, 6.07) is 5.99. The van der Waals surface area contributed by atoms with Crippen molar-refractivity contribution in [3.8, 4) is 17.2 Å². The Morgan fingerprint density at radius 2 is 1.82 bits per heavy atom. The van der Waals surface area contributed by atoms with E-state index >= 15 is 0 Å². The van der Waals surface area contributed by atoms with E-state index in [2.05, 4.69) is 0 Å². The molecule has 2 heterocycles. The van der Waals surface area contributed by atoms with Crippen LogP contribution in [-0.4, -0.2) is 62.3 Å². The van der Waals surface area contributed by atoms with E-state index in [1.54, 1.807) is 29.6 Å². The Hall–Kier alpha value is -3.04. The first-order valence-corrected chi connectivity index (χ1v) is 11.5. The van der Waals surface area contributed by atoms with Crippen LogP contribution in [0.4, 0.5) is 0 Å². The third kappa shape index (κ3) is 4.99. The molecular weight excluding hydrogens is 446 g/mol. The molecule has 1 unspecified atom stereocenters. The van der Waals surface area contributed by atoms with Crippen LogP contribution in [0.25, 0.3) is 0 Å². The lowest BCUT2D eigenvalue weighted by Gasteiger charge is -2.28. The van der Waals surface area contributed by atoms with Crippen LogP contribution in [-0.2, 0) is 9.53 Å². The van der Waals surface area contributed by atoms with E-state index in [9.17, 15) is 14.7 Å². The van der Waals surface area contributed by atoms with E-state index < -0.39 is 23.5 Å². The Bertz CT molecular complexity index is 1000. The molecule has 1 N–H and O–H groups in total. The number of hydrogen-bond donors (Lipinski definition) is 1. The van der Waals surface area contributed by atoms with Gasteiger partial charge in [0, 0.05) is 13.2 Å². The Morgan fingerprint density at radius 1 is 1.15 bits per heavy atom. The van der Waals surface area contributed by atoms with E-state index in [-0.39, 0.29) is 18.2 Å². The highest BCUT2D eigenvalue weighted by Crippen LogP contribution is 2.45. The second-order valence-corrected chi connectivity index (χ2v) is 8.65. The highest BCUT2D eigenvalue weighted by molar-refractivity contribution is 7.12. The predicted molar refractivity (Wildman–Crippen MR) is 125 cm³/mol. The van der Waals surface area contributed by atoms with Gasteiger partial charge in [0.15, 0.2) is 17.3 Å². The largest absolute Gasteiger partial charge is 0.503 e. The predicted octanol–water partition coefficient (Wildman–Crippen LogP) is 4.17. The summed E-state index contributed by atoms with van der Waals surface area (Å²) >= 11 is 1.25. The minimum atomic E-state index is -0.820. The first-order valence-electron chi connectivity index (χ1n) is 10.6. The molecule has 1 aliphatic heterocycles. The van der Waals surface area contributed by atoms with E-state index in [0.29, 0.717) is 40.7 Å². The number of aliphatic hydroxyl groups excluding tert-OH is 1. The van der Waals surface area contributed by atoms with E-state index in [1.807, 2.05) is 13.8 Å². The number of rotatable bonds is 11. The lowest BCUT2D eigenvalue weighted by molar-refractivity contribution is -0.129. The molecule has 9 heteroatoms. The van der Waals surface area contributed by atoms with E-state index in [0.717, 1.165) is 0 Å². The molecule has 0 bridgehead atoms. The van der Waals surface area contributed by atoms with Crippen LogP contribution in [0.1, 0.15) is 41.5 Å². The minimum Gasteiger partial charge on any atom is -0.503 e. The fourth-order valence-electron chi connectivity index (χ4n) is 3.82. The highest BCUT2D eigenvalue weighted by Gasteiger charge is 2.44. The van der Waals surface area contributed by atoms with Gasteiger partial charge in [-0.25, -0.2) is 0 Å². The van der Waals surface area contributed by atoms with Crippen LogP contribution in [0.2, 0.25) is 0 Å². The molecule has 1 aliphatic rings. The molecule has 1 amide bonds. The Kier molecular flexibility index (Phi) is 7.99. The standard InChI is InChI=1S/C24H29NO7S/c1-14(2)32-10-7-9-25-20(15-12-16(29-3)23(31-5)17(13-15)30-4)19(22(27)24(25)28)21(26)18-8-6-11-33-18/h6,8,11-14,20,27H,7,9-10H2,1-5H3. The maximum Gasteiger partial charge on any atom is 0.290 e. The number of methoxy groups -OCH3 is 3. The smallest absolute Gasteiger partial charge is 0.290 e. The first-order chi connectivity index (χ1) is 15.8. The molecule has 0 spiro atoms. The van der Waals surface area contributed by atoms with Crippen molar-refractivity contribution in [3.63, 3.8) is 0 Å². The molecule has 0 aliphatic carbocycles. The molecule has 0 saturated carbocycles. The van der Waals surface area contributed by atoms with E-state index in [4.69, 9.17) is 18.9 Å². The quantitative estimate of drug-likeness (QED) is 0.385. The molecule has 33 heavy (non-hydrogen) atoms. The number of aliphatic hydroxyl groups is 1. The zero-order valence-corrected chi connectivity index (χ0v) is 20.2. The third-order valence-corrected chi connectivity index (χ3v) is 6.16. The average molecular weight is 476 g/mol. The van der Waals surface area contributed by atoms with Crippen LogP contribution in [0.15, 0.2) is 41.0 Å². The normalized spacial score (nSPS) is 16.0. The van der Waals surface area contributed by atoms with Crippen molar-refractivity contribution in [1.82, 2.24) is 4.90 Å². The topological polar surface area (TPSA) is 94.5 Å². The molecule has 3 rings (SSSR count). The molecule has 0 fully saturated rings. The molecule has 0 radical (unpaired) electrons. The number of Topliss-reactive ketones (excluding diaryl/α,β-unsaturated/α-hetero) is 1. The molecular formula is C24H29NO7S. The van der Waals surface area contributed by atoms with Gasteiger partial charge in [-0.3, -0.25) is 9.59 Å². The summed E-state index contributed by atoms with van der Waals surface area (Å²) < 4.78 is 22.0. The number of carbonyl (C=O) groups excluding carboxylic acids is 2. The number of ether oxygens (including phenoxy) is 4. The van der Waals surface area contributed by atoms with Crippen molar-refractivity contribution < 1.29 is 33.6 Å². The van der Waals surface area contributed by atoms with Gasteiger partial charge in [0.25, 0.3) is 5.91 Å². The second kappa shape index (κ2) is 10.7. The van der Waals surface area contributed by atoms with Gasteiger partial charge in [0.1, 0.15) is 0 Å². The Morgan fingerprint density at radius 3 is 2.33 bits per heavy atom. The van der Waals surface area contributed by atoms with Gasteiger partial charge in [-0.15, -0.1) is 11.3 Å². The first kappa shape index (κ1) is 24.6. The molecule has 1 aromatic heterocycles. The minimum absolute atomic E-state index is 0.0292. The number of benzene rings is 1. The molecule has 178 valence electrons. The van der Waals surface area contributed by atoms with Crippen molar-refractivity contribution in [2.45, 2.75) is 32.4 Å². The number of ketones is 1. The van der Waals surface area contributed by atoms with Crippen molar-refractivity contribution >= 4 is 23.0 Å². The fourth-order valence-corrected chi connectivity index (χ4v) is 4.49. The summed E-state index contributed by atoms with van der Waals surface area (Å²) in [4.78, 5) is 28.3. The SMILES string of the molecule is COc1cc(C2C(C(=O)c3cccs3)=C(O)C(=O)N2CCCOC(C)C)cc(OC)c1OC. The lowest BCUT2D eigenvalue weighted by Crippen LogP contribution is -2.32. The Balaban J connectivity index is 2.08. The maximum atomic E-state index is 13.3. The molecule has 8 nitrogen and oxygen atoms in total. The monoisotopic (exact) mass is 475 g/mol. The lowest BCUT2D eigenvalue weighted by atomic mass is 9.94. The van der Waals surface area contributed by atoms with Crippen LogP contribution < -0.4 is 14.2 Å². The summed E-state index contributed by atoms with van der Waals surface area (Å²) in [7, 11) is 4.48. The molecule has 2 aromatic rings. The maximum absolute atomic E-state index is 13.3. The van der Waals surface area contributed by atoms with E-state index in [1.165, 1.54) is 37.6 Å². The average Bonchev–Trinajstić information content (AvgIpc) is 3.43. The summed E-state index contributed by atoms with van der Waals surface area (Å²) in [5, 5.41) is 12.6. The highest BCUT2D eigenvalue weighted by atomic mass is 32.1. The molecule has 0 saturated heterocycles. The summed E-state index contributed by atoms with van der Waals surface area (Å²) in [6.07, 6.45) is 0.603. The summed E-state index contributed by atoms with van der Waals surface area (Å²) in [6.45, 7) is 4.60. The van der Waals surface area contributed by atoms with Crippen LogP contribution in [0.5, 0.6) is 17.2 Å². The zero-order chi connectivity index (χ0) is 24.1. The zero-order valence-electron chi connectivity index (χ0n) is 19.4. The van der Waals surface area contributed by atoms with Crippen LogP contribution in [0.3, 0.4) is 0 Å². The van der Waals surface area contributed by atoms with Crippen LogP contribution in [0, 0.1) is 0 Å². The van der Waals surface area contributed by atoms with Crippen molar-refractivity contribution in [2.24, 2.45) is 0 Å². The van der Waals surface area contributed by atoms with Gasteiger partial charge < -0.3 is 29.0 Å². The number of hydrogen-bond acceptors (Lipinski definition) is 8. The number of amides is 1. The Labute approximate surface area is 197 Å². The van der Waals surface area contributed by atoms with Gasteiger partial charge >= 0.3 is 0 Å². The second-order valence-electron chi connectivity index (χ2n) is 7.70. The van der Waals surface area contributed by atoms with Crippen molar-refractivity contribution in [3.05, 3.63) is 51.4 Å². The summed E-state index contributed by atoms with van der Waals surface area (Å²) in [5.74, 6) is -0.372. The molecule has 1 atom stereocenters. The van der Waals surface area contributed by atoms with Gasteiger partial charge in [0.2, 0.25) is 11.5 Å². The third-order valence-electron chi connectivity index (χ3n) is 5.29. The number of thiophene rings is 1. The van der Waals surface area contributed by atoms with Gasteiger partial charge in [-0.2, -0.15) is 0 Å². The fraction of sp³-hybridized carbons (Fsp3) is 0.417.